The summed E-state index contributed by atoms with van der Waals surface area (Å²) in [4.78, 5) is 0. The molecular formula is C18H14Cl3N2S+. The second-order valence-electron chi connectivity index (χ2n) is 5.08. The smallest absolute Gasteiger partial charge is 0.231 e. The Hall–Kier alpha value is -1.52. The Morgan fingerprint density at radius 1 is 1.04 bits per heavy atom. The van der Waals surface area contributed by atoms with Gasteiger partial charge in [-0.25, -0.2) is 9.88 Å². The number of hydrogen-bond donors (Lipinski definition) is 1. The van der Waals surface area contributed by atoms with Gasteiger partial charge in [-0.15, -0.1) is 0 Å². The minimum Gasteiger partial charge on any atom is -0.231 e. The molecule has 0 aliphatic rings. The Bertz CT molecular complexity index is 872. The summed E-state index contributed by atoms with van der Waals surface area (Å²) in [7, 11) is 0. The van der Waals surface area contributed by atoms with Crippen molar-refractivity contribution in [3.05, 3.63) is 75.6 Å². The lowest BCUT2D eigenvalue weighted by atomic mass is 10.1. The number of aromatic nitrogens is 1. The molecule has 0 saturated heterocycles. The van der Waals surface area contributed by atoms with Crippen LogP contribution in [0, 0.1) is 0 Å². The second kappa shape index (κ2) is 7.58. The highest BCUT2D eigenvalue weighted by molar-refractivity contribution is 7.13. The van der Waals surface area contributed by atoms with Crippen LogP contribution in [0.1, 0.15) is 0 Å². The lowest BCUT2D eigenvalue weighted by molar-refractivity contribution is -0.657. The summed E-state index contributed by atoms with van der Waals surface area (Å²) in [6.45, 7) is 4.51. The van der Waals surface area contributed by atoms with Crippen molar-refractivity contribution in [1.29, 1.82) is 0 Å². The zero-order valence-electron chi connectivity index (χ0n) is 12.6. The van der Waals surface area contributed by atoms with Gasteiger partial charge in [0.15, 0.2) is 0 Å². The van der Waals surface area contributed by atoms with E-state index in [0.29, 0.717) is 21.6 Å². The van der Waals surface area contributed by atoms with E-state index in [4.69, 9.17) is 34.8 Å². The van der Waals surface area contributed by atoms with Crippen LogP contribution in [-0.4, -0.2) is 0 Å². The van der Waals surface area contributed by atoms with E-state index in [-0.39, 0.29) is 0 Å². The summed E-state index contributed by atoms with van der Waals surface area (Å²) >= 11 is 19.9. The monoisotopic (exact) mass is 395 g/mol. The molecule has 0 bridgehead atoms. The molecule has 24 heavy (non-hydrogen) atoms. The zero-order chi connectivity index (χ0) is 17.1. The van der Waals surface area contributed by atoms with Gasteiger partial charge in [0.1, 0.15) is 17.9 Å². The molecule has 1 N–H and O–H groups in total. The number of nitrogens with one attached hydrogen (secondary N) is 1. The number of anilines is 2. The van der Waals surface area contributed by atoms with Gasteiger partial charge in [-0.2, -0.15) is 0 Å². The maximum Gasteiger partial charge on any atom is 0.339 e. The Labute approximate surface area is 159 Å². The Morgan fingerprint density at radius 3 is 2.42 bits per heavy atom. The van der Waals surface area contributed by atoms with Gasteiger partial charge in [0, 0.05) is 21.0 Å². The molecule has 1 heterocycles. The van der Waals surface area contributed by atoms with E-state index < -0.39 is 0 Å². The molecule has 1 aromatic heterocycles. The molecule has 0 fully saturated rings. The summed E-state index contributed by atoms with van der Waals surface area (Å²) in [5.41, 5.74) is 2.91. The molecule has 122 valence electrons. The number of benzene rings is 2. The minimum atomic E-state index is 0.619. The van der Waals surface area contributed by atoms with Crippen LogP contribution >= 0.6 is 46.1 Å². The van der Waals surface area contributed by atoms with Crippen LogP contribution in [0.15, 0.2) is 60.5 Å². The molecule has 0 saturated carbocycles. The quantitative estimate of drug-likeness (QED) is 0.380. The number of allylic oxidation sites excluding steroid dienone is 1. The molecular weight excluding hydrogens is 383 g/mol. The van der Waals surface area contributed by atoms with Crippen molar-refractivity contribution < 1.29 is 4.57 Å². The minimum absolute atomic E-state index is 0.619. The Balaban J connectivity index is 2.01. The zero-order valence-corrected chi connectivity index (χ0v) is 15.7. The Morgan fingerprint density at radius 2 is 1.75 bits per heavy atom. The van der Waals surface area contributed by atoms with Crippen molar-refractivity contribution in [1.82, 2.24) is 0 Å². The average Bonchev–Trinajstić information content (AvgIpc) is 2.93. The van der Waals surface area contributed by atoms with E-state index in [1.165, 1.54) is 0 Å². The molecule has 0 unspecified atom stereocenters. The van der Waals surface area contributed by atoms with Crippen molar-refractivity contribution in [3.63, 3.8) is 0 Å². The molecule has 0 aliphatic heterocycles. The van der Waals surface area contributed by atoms with Gasteiger partial charge in [-0.05, 0) is 42.5 Å². The lowest BCUT2D eigenvalue weighted by Gasteiger charge is -2.06. The highest BCUT2D eigenvalue weighted by atomic mass is 35.5. The fourth-order valence-electron chi connectivity index (χ4n) is 2.32. The normalized spacial score (nSPS) is 10.6. The fraction of sp³-hybridized carbons (Fsp3) is 0.0556. The maximum atomic E-state index is 6.37. The highest BCUT2D eigenvalue weighted by Gasteiger charge is 2.20. The van der Waals surface area contributed by atoms with Crippen molar-refractivity contribution in [3.8, 4) is 11.3 Å². The van der Waals surface area contributed by atoms with E-state index in [0.717, 1.165) is 22.1 Å². The van der Waals surface area contributed by atoms with Crippen LogP contribution in [0.2, 0.25) is 15.1 Å². The van der Waals surface area contributed by atoms with Gasteiger partial charge in [-0.1, -0.05) is 58.8 Å². The Kier molecular flexibility index (Phi) is 5.47. The molecule has 2 nitrogen and oxygen atoms in total. The highest BCUT2D eigenvalue weighted by Crippen LogP contribution is 2.32. The second-order valence-corrected chi connectivity index (χ2v) is 7.22. The summed E-state index contributed by atoms with van der Waals surface area (Å²) in [6.07, 6.45) is 1.85. The van der Waals surface area contributed by atoms with Crippen LogP contribution in [-0.2, 0) is 6.54 Å². The first-order chi connectivity index (χ1) is 11.6. The summed E-state index contributed by atoms with van der Waals surface area (Å²) < 4.78 is 2.13. The van der Waals surface area contributed by atoms with E-state index in [1.54, 1.807) is 17.4 Å². The number of thiazole rings is 1. The van der Waals surface area contributed by atoms with Gasteiger partial charge >= 0.3 is 5.13 Å². The molecule has 0 aliphatic carbocycles. The van der Waals surface area contributed by atoms with Crippen LogP contribution < -0.4 is 9.88 Å². The molecule has 2 aromatic carbocycles. The van der Waals surface area contributed by atoms with Crippen LogP contribution in [0.25, 0.3) is 11.3 Å². The van der Waals surface area contributed by atoms with Crippen LogP contribution in [0.5, 0.6) is 0 Å². The largest absolute Gasteiger partial charge is 0.339 e. The number of hydrogen-bond acceptors (Lipinski definition) is 2. The van der Waals surface area contributed by atoms with Crippen LogP contribution in [0.3, 0.4) is 0 Å². The van der Waals surface area contributed by atoms with Crippen molar-refractivity contribution in [2.75, 3.05) is 5.32 Å². The van der Waals surface area contributed by atoms with Gasteiger partial charge in [0.25, 0.3) is 0 Å². The predicted molar refractivity (Wildman–Crippen MR) is 105 cm³/mol. The standard InChI is InChI=1S/C18H13Cl3N2S/c1-2-9-23-17(15-8-5-13(20)10-16(15)21)11-24-18(23)22-14-6-3-12(19)4-7-14/h2-8,10-11H,1,9H2/p+1. The number of nitrogens with zero attached hydrogens (tertiary/aromatic N) is 1. The number of halogens is 3. The first kappa shape index (κ1) is 17.3. The summed E-state index contributed by atoms with van der Waals surface area (Å²) in [6, 6.07) is 13.1. The summed E-state index contributed by atoms with van der Waals surface area (Å²) in [5.74, 6) is 0. The molecule has 0 radical (unpaired) electrons. The first-order valence-corrected chi connectivity index (χ1v) is 9.20. The van der Waals surface area contributed by atoms with Gasteiger partial charge in [0.05, 0.1) is 5.02 Å². The third kappa shape index (κ3) is 3.76. The van der Waals surface area contributed by atoms with Crippen molar-refractivity contribution >= 4 is 57.0 Å². The lowest BCUT2D eigenvalue weighted by Crippen LogP contribution is -2.35. The average molecular weight is 397 g/mol. The van der Waals surface area contributed by atoms with E-state index >= 15 is 0 Å². The fourth-order valence-corrected chi connectivity index (χ4v) is 3.90. The molecule has 0 atom stereocenters. The molecule has 0 spiro atoms. The number of rotatable bonds is 5. The van der Waals surface area contributed by atoms with E-state index in [9.17, 15) is 0 Å². The van der Waals surface area contributed by atoms with Gasteiger partial charge < -0.3 is 0 Å². The third-order valence-corrected chi connectivity index (χ3v) is 5.12. The maximum absolute atomic E-state index is 6.37. The molecule has 3 rings (SSSR count). The van der Waals surface area contributed by atoms with Crippen molar-refractivity contribution in [2.24, 2.45) is 0 Å². The first-order valence-electron chi connectivity index (χ1n) is 7.18. The molecule has 0 amide bonds. The van der Waals surface area contributed by atoms with Gasteiger partial charge in [0.2, 0.25) is 0 Å². The molecule has 3 aromatic rings. The summed E-state index contributed by atoms with van der Waals surface area (Å²) in [5, 5.41) is 8.41. The topological polar surface area (TPSA) is 15.9 Å². The van der Waals surface area contributed by atoms with E-state index in [2.05, 4.69) is 21.8 Å². The van der Waals surface area contributed by atoms with Crippen LogP contribution in [0.4, 0.5) is 10.8 Å². The molecule has 6 heteroatoms. The van der Waals surface area contributed by atoms with Gasteiger partial charge in [-0.3, -0.25) is 0 Å². The van der Waals surface area contributed by atoms with Crippen molar-refractivity contribution in [2.45, 2.75) is 6.54 Å². The van der Waals surface area contributed by atoms with E-state index in [1.807, 2.05) is 42.5 Å². The SMILES string of the molecule is C=CC[n+]1c(-c2ccc(Cl)cc2Cl)csc1Nc1ccc(Cl)cc1. The third-order valence-electron chi connectivity index (χ3n) is 3.43. The predicted octanol–water partition coefficient (Wildman–Crippen LogP) is 6.59.